The largest absolute Gasteiger partial charge is 0.370 e. The number of aliphatic imine (C=N–C) groups is 1. The lowest BCUT2D eigenvalue weighted by atomic mass is 9.69. The molecule has 4 heteroatoms. The second kappa shape index (κ2) is 5.61. The molecular formula is C14H20ClN3. The fraction of sp³-hybridized carbons (Fsp3) is 0.500. The van der Waals surface area contributed by atoms with Crippen molar-refractivity contribution in [2.45, 2.75) is 37.5 Å². The molecule has 0 saturated heterocycles. The Kier molecular flexibility index (Phi) is 4.12. The molecule has 1 aromatic rings. The summed E-state index contributed by atoms with van der Waals surface area (Å²) in [6.45, 7) is 0.638. The van der Waals surface area contributed by atoms with Gasteiger partial charge in [0.15, 0.2) is 5.96 Å². The van der Waals surface area contributed by atoms with E-state index in [2.05, 4.69) is 11.1 Å². The minimum absolute atomic E-state index is 0.0145. The van der Waals surface area contributed by atoms with Crippen molar-refractivity contribution in [1.82, 2.24) is 0 Å². The van der Waals surface area contributed by atoms with Crippen LogP contribution in [0, 0.1) is 0 Å². The predicted molar refractivity (Wildman–Crippen MR) is 76.9 cm³/mol. The first-order valence-electron chi connectivity index (χ1n) is 6.44. The molecule has 0 radical (unpaired) electrons. The third kappa shape index (κ3) is 2.78. The van der Waals surface area contributed by atoms with Crippen molar-refractivity contribution in [3.8, 4) is 0 Å². The van der Waals surface area contributed by atoms with E-state index in [1.807, 2.05) is 18.2 Å². The molecule has 0 spiro atoms. The van der Waals surface area contributed by atoms with Crippen LogP contribution in [0.1, 0.15) is 37.7 Å². The Morgan fingerprint density at radius 3 is 2.44 bits per heavy atom. The second-order valence-corrected chi connectivity index (χ2v) is 5.47. The van der Waals surface area contributed by atoms with Gasteiger partial charge in [0.25, 0.3) is 0 Å². The number of guanidine groups is 1. The maximum atomic E-state index is 6.35. The van der Waals surface area contributed by atoms with Crippen LogP contribution in [0.15, 0.2) is 29.3 Å². The van der Waals surface area contributed by atoms with Crippen LogP contribution in [0.5, 0.6) is 0 Å². The topological polar surface area (TPSA) is 64.4 Å². The fourth-order valence-corrected chi connectivity index (χ4v) is 3.21. The number of hydrogen-bond acceptors (Lipinski definition) is 1. The van der Waals surface area contributed by atoms with Crippen molar-refractivity contribution in [3.05, 3.63) is 34.9 Å². The Bertz CT molecular complexity index is 432. The lowest BCUT2D eigenvalue weighted by molar-refractivity contribution is 0.301. The normalized spacial score (nSPS) is 18.3. The van der Waals surface area contributed by atoms with E-state index in [1.165, 1.54) is 24.8 Å². The van der Waals surface area contributed by atoms with Crippen LogP contribution in [-0.4, -0.2) is 12.5 Å². The molecule has 1 aromatic carbocycles. The van der Waals surface area contributed by atoms with Gasteiger partial charge in [-0.25, -0.2) is 0 Å². The number of nitrogens with zero attached hydrogens (tertiary/aromatic N) is 1. The monoisotopic (exact) mass is 265 g/mol. The van der Waals surface area contributed by atoms with Crippen LogP contribution in [0.3, 0.4) is 0 Å². The molecule has 0 aromatic heterocycles. The lowest BCUT2D eigenvalue weighted by Gasteiger charge is -2.37. The first-order valence-corrected chi connectivity index (χ1v) is 6.82. The quantitative estimate of drug-likeness (QED) is 0.652. The van der Waals surface area contributed by atoms with Gasteiger partial charge >= 0.3 is 0 Å². The van der Waals surface area contributed by atoms with E-state index >= 15 is 0 Å². The van der Waals surface area contributed by atoms with Gasteiger partial charge < -0.3 is 11.5 Å². The summed E-state index contributed by atoms with van der Waals surface area (Å²) in [5.41, 5.74) is 12.2. The molecule has 0 aliphatic heterocycles. The van der Waals surface area contributed by atoms with Gasteiger partial charge in [-0.2, -0.15) is 0 Å². The van der Waals surface area contributed by atoms with Gasteiger partial charge in [-0.05, 0) is 24.5 Å². The maximum Gasteiger partial charge on any atom is 0.185 e. The van der Waals surface area contributed by atoms with Crippen LogP contribution in [-0.2, 0) is 5.41 Å². The molecule has 98 valence electrons. The molecular weight excluding hydrogens is 246 g/mol. The van der Waals surface area contributed by atoms with Crippen LogP contribution in [0.25, 0.3) is 0 Å². The zero-order valence-electron chi connectivity index (χ0n) is 10.5. The van der Waals surface area contributed by atoms with Gasteiger partial charge in [-0.3, -0.25) is 4.99 Å². The van der Waals surface area contributed by atoms with E-state index in [0.29, 0.717) is 6.54 Å². The zero-order chi connectivity index (χ0) is 13.0. The molecule has 4 N–H and O–H groups in total. The van der Waals surface area contributed by atoms with Crippen LogP contribution in [0.4, 0.5) is 0 Å². The average Bonchev–Trinajstić information content (AvgIpc) is 2.38. The highest BCUT2D eigenvalue weighted by Gasteiger charge is 2.35. The Balaban J connectivity index is 2.35. The molecule has 18 heavy (non-hydrogen) atoms. The van der Waals surface area contributed by atoms with Crippen molar-refractivity contribution in [2.75, 3.05) is 6.54 Å². The van der Waals surface area contributed by atoms with Gasteiger partial charge in [-0.15, -0.1) is 0 Å². The van der Waals surface area contributed by atoms with E-state index < -0.39 is 0 Å². The molecule has 1 aliphatic rings. The van der Waals surface area contributed by atoms with Crippen molar-refractivity contribution in [3.63, 3.8) is 0 Å². The summed E-state index contributed by atoms with van der Waals surface area (Å²) >= 11 is 6.35. The predicted octanol–water partition coefficient (Wildman–Crippen LogP) is 2.82. The Morgan fingerprint density at radius 1 is 1.17 bits per heavy atom. The number of halogens is 1. The number of hydrogen-bond donors (Lipinski definition) is 2. The van der Waals surface area contributed by atoms with E-state index in [1.54, 1.807) is 0 Å². The molecule has 0 bridgehead atoms. The Morgan fingerprint density at radius 2 is 1.83 bits per heavy atom. The molecule has 1 aliphatic carbocycles. The lowest BCUT2D eigenvalue weighted by Crippen LogP contribution is -2.35. The summed E-state index contributed by atoms with van der Waals surface area (Å²) in [4.78, 5) is 4.25. The van der Waals surface area contributed by atoms with E-state index in [4.69, 9.17) is 23.1 Å². The number of nitrogens with two attached hydrogens (primary N) is 2. The van der Waals surface area contributed by atoms with Gasteiger partial charge in [-0.1, -0.05) is 49.1 Å². The van der Waals surface area contributed by atoms with E-state index in [-0.39, 0.29) is 11.4 Å². The van der Waals surface area contributed by atoms with Crippen LogP contribution in [0.2, 0.25) is 5.02 Å². The van der Waals surface area contributed by atoms with E-state index in [9.17, 15) is 0 Å². The summed E-state index contributed by atoms with van der Waals surface area (Å²) in [6, 6.07) is 8.05. The molecule has 3 nitrogen and oxygen atoms in total. The molecule has 0 unspecified atom stereocenters. The third-order valence-corrected chi connectivity index (χ3v) is 4.15. The first-order chi connectivity index (χ1) is 8.64. The Labute approximate surface area is 113 Å². The molecule has 0 atom stereocenters. The summed E-state index contributed by atoms with van der Waals surface area (Å²) in [5, 5.41) is 0.824. The third-order valence-electron chi connectivity index (χ3n) is 3.82. The summed E-state index contributed by atoms with van der Waals surface area (Å²) in [7, 11) is 0. The molecule has 1 saturated carbocycles. The molecule has 1 fully saturated rings. The number of rotatable bonds is 3. The van der Waals surface area contributed by atoms with Gasteiger partial charge in [0.2, 0.25) is 0 Å². The average molecular weight is 266 g/mol. The number of benzene rings is 1. The molecule has 0 amide bonds. The first kappa shape index (κ1) is 13.2. The van der Waals surface area contributed by atoms with Crippen molar-refractivity contribution < 1.29 is 0 Å². The Hall–Kier alpha value is -1.22. The molecule has 2 rings (SSSR count). The standard InChI is InChI=1S/C14H20ClN3/c15-12-7-3-2-6-11(12)14(10-18-13(16)17)8-4-1-5-9-14/h2-3,6-7H,1,4-5,8-10H2,(H4,16,17,18). The smallest absolute Gasteiger partial charge is 0.185 e. The summed E-state index contributed by atoms with van der Waals surface area (Å²) in [5.74, 6) is 0.159. The van der Waals surface area contributed by atoms with Crippen molar-refractivity contribution in [2.24, 2.45) is 16.5 Å². The molecule has 0 heterocycles. The minimum Gasteiger partial charge on any atom is -0.370 e. The van der Waals surface area contributed by atoms with Gasteiger partial charge in [0.05, 0.1) is 6.54 Å². The maximum absolute atomic E-state index is 6.35. The van der Waals surface area contributed by atoms with E-state index in [0.717, 1.165) is 17.9 Å². The highest BCUT2D eigenvalue weighted by molar-refractivity contribution is 6.31. The van der Waals surface area contributed by atoms with Crippen molar-refractivity contribution in [1.29, 1.82) is 0 Å². The van der Waals surface area contributed by atoms with Gasteiger partial charge in [0, 0.05) is 10.4 Å². The minimum atomic E-state index is 0.0145. The SMILES string of the molecule is NC(N)=NCC1(c2ccccc2Cl)CCCCC1. The summed E-state index contributed by atoms with van der Waals surface area (Å²) < 4.78 is 0. The zero-order valence-corrected chi connectivity index (χ0v) is 11.3. The van der Waals surface area contributed by atoms with Gasteiger partial charge in [0.1, 0.15) is 0 Å². The van der Waals surface area contributed by atoms with Crippen molar-refractivity contribution >= 4 is 17.6 Å². The second-order valence-electron chi connectivity index (χ2n) is 5.06. The summed E-state index contributed by atoms with van der Waals surface area (Å²) in [6.07, 6.45) is 5.92. The highest BCUT2D eigenvalue weighted by atomic mass is 35.5. The van der Waals surface area contributed by atoms with Crippen LogP contribution >= 0.6 is 11.6 Å². The van der Waals surface area contributed by atoms with Crippen LogP contribution < -0.4 is 11.5 Å². The fourth-order valence-electron chi connectivity index (χ4n) is 2.88. The highest BCUT2D eigenvalue weighted by Crippen LogP contribution is 2.42.